The molecule has 6 heteroatoms. The van der Waals surface area contributed by atoms with Crippen LogP contribution in [0.4, 0.5) is 11.9 Å². The molecule has 1 aromatic heterocycles. The number of nitrogens with one attached hydrogen (secondary N) is 1. The van der Waals surface area contributed by atoms with Gasteiger partial charge in [-0.05, 0) is 43.2 Å². The number of hydrogen-bond acceptors (Lipinski definition) is 5. The lowest BCUT2D eigenvalue weighted by atomic mass is 10.1. The van der Waals surface area contributed by atoms with E-state index in [1.807, 2.05) is 0 Å². The Labute approximate surface area is 126 Å². The fourth-order valence-electron chi connectivity index (χ4n) is 2.01. The van der Waals surface area contributed by atoms with Crippen LogP contribution in [0.5, 0.6) is 0 Å². The van der Waals surface area contributed by atoms with E-state index in [1.165, 1.54) is 12.8 Å². The Balaban J connectivity index is 2.12. The van der Waals surface area contributed by atoms with Gasteiger partial charge in [0.2, 0.25) is 17.2 Å². The molecule has 1 fully saturated rings. The van der Waals surface area contributed by atoms with Gasteiger partial charge >= 0.3 is 0 Å². The Hall–Kier alpha value is -1.10. The molecule has 2 rings (SSSR count). The maximum atomic E-state index is 6.03. The van der Waals surface area contributed by atoms with E-state index in [4.69, 9.17) is 11.6 Å². The topological polar surface area (TPSA) is 53.9 Å². The van der Waals surface area contributed by atoms with Crippen molar-refractivity contribution in [3.05, 3.63) is 5.28 Å². The van der Waals surface area contributed by atoms with Gasteiger partial charge in [-0.25, -0.2) is 0 Å². The van der Waals surface area contributed by atoms with Gasteiger partial charge in [-0.15, -0.1) is 0 Å². The molecule has 0 bridgehead atoms. The summed E-state index contributed by atoms with van der Waals surface area (Å²) in [4.78, 5) is 15.2. The Morgan fingerprint density at radius 3 is 2.65 bits per heavy atom. The van der Waals surface area contributed by atoms with Crippen LogP contribution in [0.15, 0.2) is 0 Å². The van der Waals surface area contributed by atoms with Crippen molar-refractivity contribution in [3.63, 3.8) is 0 Å². The number of anilines is 2. The highest BCUT2D eigenvalue weighted by atomic mass is 35.5. The second kappa shape index (κ2) is 7.07. The van der Waals surface area contributed by atoms with Crippen LogP contribution >= 0.6 is 11.6 Å². The second-order valence-corrected chi connectivity index (χ2v) is 6.10. The first-order valence-electron chi connectivity index (χ1n) is 7.52. The van der Waals surface area contributed by atoms with Crippen LogP contribution < -0.4 is 10.2 Å². The summed E-state index contributed by atoms with van der Waals surface area (Å²) in [5, 5.41) is 3.45. The molecule has 0 saturated heterocycles. The monoisotopic (exact) mass is 297 g/mol. The third-order valence-corrected chi connectivity index (χ3v) is 3.49. The average molecular weight is 298 g/mol. The van der Waals surface area contributed by atoms with Crippen LogP contribution in [0.2, 0.25) is 5.28 Å². The smallest absolute Gasteiger partial charge is 0.231 e. The lowest BCUT2D eigenvalue weighted by Gasteiger charge is -2.23. The maximum absolute atomic E-state index is 6.03. The number of aromatic nitrogens is 3. The fourth-order valence-corrected chi connectivity index (χ4v) is 2.17. The molecule has 1 aliphatic carbocycles. The first-order valence-corrected chi connectivity index (χ1v) is 7.90. The summed E-state index contributed by atoms with van der Waals surface area (Å²) >= 11 is 6.03. The highest BCUT2D eigenvalue weighted by Crippen LogP contribution is 2.31. The van der Waals surface area contributed by atoms with E-state index in [0.29, 0.717) is 23.9 Å². The standard InChI is InChI=1S/C14H24ClN5/c1-4-8-16-13-17-12(15)18-14(19-13)20(11-5-6-11)9-7-10(2)3/h10-11H,4-9H2,1-3H3,(H,16,17,18,19). The highest BCUT2D eigenvalue weighted by Gasteiger charge is 2.31. The Morgan fingerprint density at radius 1 is 1.30 bits per heavy atom. The van der Waals surface area contributed by atoms with Crippen molar-refractivity contribution in [2.45, 2.75) is 52.5 Å². The van der Waals surface area contributed by atoms with Gasteiger partial charge in [-0.1, -0.05) is 20.8 Å². The van der Waals surface area contributed by atoms with E-state index in [2.05, 4.69) is 45.9 Å². The highest BCUT2D eigenvalue weighted by molar-refractivity contribution is 6.28. The molecule has 0 aromatic carbocycles. The first kappa shape index (κ1) is 15.3. The fraction of sp³-hybridized carbons (Fsp3) is 0.786. The lowest BCUT2D eigenvalue weighted by molar-refractivity contribution is 0.565. The third-order valence-electron chi connectivity index (χ3n) is 3.32. The predicted molar refractivity (Wildman–Crippen MR) is 83.4 cm³/mol. The van der Waals surface area contributed by atoms with Gasteiger partial charge in [0.05, 0.1) is 0 Å². The van der Waals surface area contributed by atoms with Crippen LogP contribution in [0.3, 0.4) is 0 Å². The molecule has 1 N–H and O–H groups in total. The summed E-state index contributed by atoms with van der Waals surface area (Å²) < 4.78 is 0. The lowest BCUT2D eigenvalue weighted by Crippen LogP contribution is -2.30. The SMILES string of the molecule is CCCNc1nc(Cl)nc(N(CCC(C)C)C2CC2)n1. The molecule has 1 saturated carbocycles. The molecule has 0 unspecified atom stereocenters. The van der Waals surface area contributed by atoms with Gasteiger partial charge in [-0.2, -0.15) is 15.0 Å². The van der Waals surface area contributed by atoms with E-state index < -0.39 is 0 Å². The molecular weight excluding hydrogens is 274 g/mol. The largest absolute Gasteiger partial charge is 0.354 e. The van der Waals surface area contributed by atoms with E-state index in [0.717, 1.165) is 25.9 Å². The van der Waals surface area contributed by atoms with Crippen LogP contribution in [-0.2, 0) is 0 Å². The third kappa shape index (κ3) is 4.47. The molecule has 0 radical (unpaired) electrons. The van der Waals surface area contributed by atoms with Gasteiger partial charge in [0.15, 0.2) is 0 Å². The minimum absolute atomic E-state index is 0.267. The number of nitrogens with zero attached hydrogens (tertiary/aromatic N) is 4. The van der Waals surface area contributed by atoms with Crippen molar-refractivity contribution in [2.75, 3.05) is 23.3 Å². The quantitative estimate of drug-likeness (QED) is 0.797. The molecule has 112 valence electrons. The zero-order chi connectivity index (χ0) is 14.5. The van der Waals surface area contributed by atoms with Crippen LogP contribution in [-0.4, -0.2) is 34.1 Å². The van der Waals surface area contributed by atoms with Gasteiger partial charge < -0.3 is 10.2 Å². The molecular formula is C14H24ClN5. The van der Waals surface area contributed by atoms with Crippen molar-refractivity contribution in [2.24, 2.45) is 5.92 Å². The maximum Gasteiger partial charge on any atom is 0.231 e. The van der Waals surface area contributed by atoms with Crippen LogP contribution in [0.1, 0.15) is 46.5 Å². The summed E-state index contributed by atoms with van der Waals surface area (Å²) in [7, 11) is 0. The minimum Gasteiger partial charge on any atom is -0.354 e. The first-order chi connectivity index (χ1) is 9.60. The van der Waals surface area contributed by atoms with Crippen molar-refractivity contribution in [1.82, 2.24) is 15.0 Å². The summed E-state index contributed by atoms with van der Waals surface area (Å²) in [5.74, 6) is 1.97. The molecule has 20 heavy (non-hydrogen) atoms. The average Bonchev–Trinajstić information content (AvgIpc) is 3.20. The summed E-state index contributed by atoms with van der Waals surface area (Å²) in [6, 6.07) is 0.575. The Morgan fingerprint density at radius 2 is 2.05 bits per heavy atom. The normalized spacial score (nSPS) is 14.7. The minimum atomic E-state index is 0.267. The van der Waals surface area contributed by atoms with Gasteiger partial charge in [0, 0.05) is 19.1 Å². The predicted octanol–water partition coefficient (Wildman–Crippen LogP) is 3.36. The molecule has 0 aliphatic heterocycles. The van der Waals surface area contributed by atoms with Crippen molar-refractivity contribution < 1.29 is 0 Å². The van der Waals surface area contributed by atoms with E-state index in [-0.39, 0.29) is 5.28 Å². The second-order valence-electron chi connectivity index (χ2n) is 5.76. The summed E-state index contributed by atoms with van der Waals surface area (Å²) in [5.41, 5.74) is 0. The number of halogens is 1. The zero-order valence-corrected chi connectivity index (χ0v) is 13.3. The molecule has 5 nitrogen and oxygen atoms in total. The van der Waals surface area contributed by atoms with Crippen molar-refractivity contribution >= 4 is 23.5 Å². The molecule has 1 aliphatic rings. The molecule has 1 aromatic rings. The Bertz CT molecular complexity index is 434. The van der Waals surface area contributed by atoms with Crippen molar-refractivity contribution in [3.8, 4) is 0 Å². The molecule has 0 atom stereocenters. The van der Waals surface area contributed by atoms with Crippen LogP contribution in [0.25, 0.3) is 0 Å². The van der Waals surface area contributed by atoms with Crippen LogP contribution in [0, 0.1) is 5.92 Å². The van der Waals surface area contributed by atoms with E-state index in [1.54, 1.807) is 0 Å². The van der Waals surface area contributed by atoms with E-state index >= 15 is 0 Å². The van der Waals surface area contributed by atoms with Crippen molar-refractivity contribution in [1.29, 1.82) is 0 Å². The molecule has 0 amide bonds. The molecule has 1 heterocycles. The number of hydrogen-bond donors (Lipinski definition) is 1. The van der Waals surface area contributed by atoms with Gasteiger partial charge in [0.25, 0.3) is 0 Å². The van der Waals surface area contributed by atoms with Gasteiger partial charge in [-0.3, -0.25) is 0 Å². The van der Waals surface area contributed by atoms with E-state index in [9.17, 15) is 0 Å². The summed E-state index contributed by atoms with van der Waals surface area (Å²) in [6.07, 6.45) is 4.61. The van der Waals surface area contributed by atoms with Gasteiger partial charge in [0.1, 0.15) is 0 Å². The summed E-state index contributed by atoms with van der Waals surface area (Å²) in [6.45, 7) is 8.40. The zero-order valence-electron chi connectivity index (χ0n) is 12.6. The molecule has 0 spiro atoms. The Kier molecular flexibility index (Phi) is 5.40. The number of rotatable bonds is 8.